The minimum absolute atomic E-state index is 0.445. The normalized spacial score (nSPS) is 9.80. The summed E-state index contributed by atoms with van der Waals surface area (Å²) in [4.78, 5) is 11.0. The summed E-state index contributed by atoms with van der Waals surface area (Å²) < 4.78 is 0. The Morgan fingerprint density at radius 1 is 0.950 bits per heavy atom. The second-order valence-corrected chi connectivity index (χ2v) is 4.52. The highest BCUT2D eigenvalue weighted by molar-refractivity contribution is 5.86. The molecule has 20 heavy (non-hydrogen) atoms. The number of nitrogen functional groups attached to an aromatic ring is 2. The van der Waals surface area contributed by atoms with Crippen LogP contribution in [0.5, 0.6) is 0 Å². The first-order valence-corrected chi connectivity index (χ1v) is 6.38. The SMILES string of the molecule is Nc1ccc(CCNC(=C=O)c2ccc(N)cc2)cc1. The lowest BCUT2D eigenvalue weighted by Crippen LogP contribution is -2.16. The van der Waals surface area contributed by atoms with E-state index in [1.165, 1.54) is 0 Å². The molecule has 0 amide bonds. The monoisotopic (exact) mass is 267 g/mol. The van der Waals surface area contributed by atoms with Crippen molar-refractivity contribution in [3.63, 3.8) is 0 Å². The minimum atomic E-state index is 0.445. The zero-order valence-corrected chi connectivity index (χ0v) is 11.1. The van der Waals surface area contributed by atoms with Crippen LogP contribution in [0.15, 0.2) is 48.5 Å². The number of hydrogen-bond acceptors (Lipinski definition) is 4. The minimum Gasteiger partial charge on any atom is -0.399 e. The molecule has 0 atom stereocenters. The van der Waals surface area contributed by atoms with Crippen molar-refractivity contribution >= 4 is 23.0 Å². The third-order valence-electron chi connectivity index (χ3n) is 3.00. The molecular formula is C16H17N3O. The van der Waals surface area contributed by atoms with Crippen molar-refractivity contribution < 1.29 is 4.79 Å². The van der Waals surface area contributed by atoms with Gasteiger partial charge in [0.15, 0.2) is 5.94 Å². The molecule has 0 aliphatic carbocycles. The molecule has 0 bridgehead atoms. The van der Waals surface area contributed by atoms with Gasteiger partial charge in [-0.15, -0.1) is 0 Å². The Kier molecular flexibility index (Phi) is 4.43. The van der Waals surface area contributed by atoms with E-state index < -0.39 is 0 Å². The van der Waals surface area contributed by atoms with Gasteiger partial charge in [-0.25, -0.2) is 4.79 Å². The van der Waals surface area contributed by atoms with Crippen LogP contribution in [0, 0.1) is 0 Å². The Morgan fingerprint density at radius 2 is 1.50 bits per heavy atom. The molecule has 0 aliphatic rings. The van der Waals surface area contributed by atoms with E-state index in [1.807, 2.05) is 30.2 Å². The molecule has 0 aromatic heterocycles. The van der Waals surface area contributed by atoms with Gasteiger partial charge in [-0.1, -0.05) is 24.3 Å². The standard InChI is InChI=1S/C16H17N3O/c17-14-5-1-12(2-6-14)9-10-19-16(11-20)13-3-7-15(18)8-4-13/h1-8,19H,9-10,17-18H2. The molecule has 0 heterocycles. The van der Waals surface area contributed by atoms with E-state index in [4.69, 9.17) is 11.5 Å². The molecule has 0 saturated carbocycles. The van der Waals surface area contributed by atoms with Gasteiger partial charge in [0.25, 0.3) is 0 Å². The lowest BCUT2D eigenvalue weighted by molar-refractivity contribution is 0.568. The fourth-order valence-corrected chi connectivity index (χ4v) is 1.86. The van der Waals surface area contributed by atoms with Crippen molar-refractivity contribution in [2.45, 2.75) is 6.42 Å². The summed E-state index contributed by atoms with van der Waals surface area (Å²) in [6, 6.07) is 14.8. The third-order valence-corrected chi connectivity index (χ3v) is 3.00. The highest BCUT2D eigenvalue weighted by atomic mass is 16.1. The Hall–Kier alpha value is -2.71. The van der Waals surface area contributed by atoms with Crippen molar-refractivity contribution in [3.05, 3.63) is 59.7 Å². The quantitative estimate of drug-likeness (QED) is 0.570. The predicted molar refractivity (Wildman–Crippen MR) is 82.5 cm³/mol. The second kappa shape index (κ2) is 6.45. The number of hydrogen-bond donors (Lipinski definition) is 3. The van der Waals surface area contributed by atoms with Crippen LogP contribution in [0.25, 0.3) is 5.70 Å². The summed E-state index contributed by atoms with van der Waals surface area (Å²) in [5.41, 5.74) is 15.1. The summed E-state index contributed by atoms with van der Waals surface area (Å²) in [5.74, 6) is 1.93. The van der Waals surface area contributed by atoms with E-state index in [-0.39, 0.29) is 0 Å². The van der Waals surface area contributed by atoms with Gasteiger partial charge in [0, 0.05) is 23.5 Å². The van der Waals surface area contributed by atoms with E-state index in [0.29, 0.717) is 17.9 Å². The van der Waals surface area contributed by atoms with Crippen molar-refractivity contribution in [3.8, 4) is 0 Å². The first kappa shape index (κ1) is 13.7. The van der Waals surface area contributed by atoms with Crippen LogP contribution in [0.2, 0.25) is 0 Å². The van der Waals surface area contributed by atoms with Gasteiger partial charge in [0.2, 0.25) is 0 Å². The summed E-state index contributed by atoms with van der Waals surface area (Å²) in [6.07, 6.45) is 0.806. The van der Waals surface area contributed by atoms with Crippen LogP contribution in [-0.2, 0) is 11.2 Å². The van der Waals surface area contributed by atoms with Gasteiger partial charge in [0.1, 0.15) is 5.70 Å². The molecular weight excluding hydrogens is 250 g/mol. The Labute approximate surface area is 118 Å². The Morgan fingerprint density at radius 3 is 2.05 bits per heavy atom. The molecule has 2 aromatic rings. The third kappa shape index (κ3) is 3.64. The van der Waals surface area contributed by atoms with Crippen molar-refractivity contribution in [1.82, 2.24) is 5.32 Å². The highest BCUT2D eigenvalue weighted by Gasteiger charge is 2.02. The number of nitrogens with one attached hydrogen (secondary N) is 1. The smallest absolute Gasteiger partial charge is 0.150 e. The van der Waals surface area contributed by atoms with Crippen LogP contribution >= 0.6 is 0 Å². The number of rotatable bonds is 5. The van der Waals surface area contributed by atoms with Gasteiger partial charge >= 0.3 is 0 Å². The van der Waals surface area contributed by atoms with E-state index >= 15 is 0 Å². The molecule has 0 saturated heterocycles. The number of carbonyl (C=O) groups excluding carboxylic acids is 1. The topological polar surface area (TPSA) is 81.1 Å². The molecule has 4 nitrogen and oxygen atoms in total. The molecule has 0 fully saturated rings. The predicted octanol–water partition coefficient (Wildman–Crippen LogP) is 1.86. The zero-order chi connectivity index (χ0) is 14.4. The lowest BCUT2D eigenvalue weighted by Gasteiger charge is -2.08. The van der Waals surface area contributed by atoms with Crippen LogP contribution in [0.1, 0.15) is 11.1 Å². The average molecular weight is 267 g/mol. The van der Waals surface area contributed by atoms with Crippen molar-refractivity contribution in [2.75, 3.05) is 18.0 Å². The molecule has 0 aliphatic heterocycles. The van der Waals surface area contributed by atoms with Gasteiger partial charge in [-0.05, 0) is 36.2 Å². The second-order valence-electron chi connectivity index (χ2n) is 4.52. The molecule has 0 radical (unpaired) electrons. The van der Waals surface area contributed by atoms with E-state index in [1.54, 1.807) is 24.3 Å². The van der Waals surface area contributed by atoms with E-state index in [0.717, 1.165) is 23.2 Å². The lowest BCUT2D eigenvalue weighted by atomic mass is 10.1. The maximum Gasteiger partial charge on any atom is 0.150 e. The fraction of sp³-hybridized carbons (Fsp3) is 0.125. The Bertz CT molecular complexity index is 611. The first-order chi connectivity index (χ1) is 9.69. The van der Waals surface area contributed by atoms with E-state index in [2.05, 4.69) is 5.32 Å². The summed E-state index contributed by atoms with van der Waals surface area (Å²) >= 11 is 0. The van der Waals surface area contributed by atoms with Crippen LogP contribution in [0.4, 0.5) is 11.4 Å². The molecule has 102 valence electrons. The first-order valence-electron chi connectivity index (χ1n) is 6.38. The van der Waals surface area contributed by atoms with Gasteiger partial charge in [0.05, 0.1) is 0 Å². The van der Waals surface area contributed by atoms with Gasteiger partial charge in [-0.3, -0.25) is 0 Å². The van der Waals surface area contributed by atoms with Crippen LogP contribution < -0.4 is 16.8 Å². The molecule has 0 unspecified atom stereocenters. The zero-order valence-electron chi connectivity index (χ0n) is 11.1. The maximum atomic E-state index is 11.0. The molecule has 2 rings (SSSR count). The van der Waals surface area contributed by atoms with Crippen LogP contribution in [0.3, 0.4) is 0 Å². The summed E-state index contributed by atoms with van der Waals surface area (Å²) in [7, 11) is 0. The fourth-order valence-electron chi connectivity index (χ4n) is 1.86. The van der Waals surface area contributed by atoms with E-state index in [9.17, 15) is 4.79 Å². The molecule has 4 heteroatoms. The molecule has 0 spiro atoms. The average Bonchev–Trinajstić information content (AvgIpc) is 2.47. The number of nitrogens with two attached hydrogens (primary N) is 2. The van der Waals surface area contributed by atoms with Crippen molar-refractivity contribution in [1.29, 1.82) is 0 Å². The Balaban J connectivity index is 1.93. The molecule has 5 N–H and O–H groups in total. The summed E-state index contributed by atoms with van der Waals surface area (Å²) in [6.45, 7) is 0.652. The van der Waals surface area contributed by atoms with Crippen molar-refractivity contribution in [2.24, 2.45) is 0 Å². The highest BCUT2D eigenvalue weighted by Crippen LogP contribution is 2.12. The van der Waals surface area contributed by atoms with Crippen LogP contribution in [-0.4, -0.2) is 12.5 Å². The molecule has 2 aromatic carbocycles. The number of anilines is 2. The van der Waals surface area contributed by atoms with Gasteiger partial charge in [-0.2, -0.15) is 0 Å². The maximum absolute atomic E-state index is 11.0. The number of benzene rings is 2. The summed E-state index contributed by atoms with van der Waals surface area (Å²) in [5, 5.41) is 3.09. The van der Waals surface area contributed by atoms with Gasteiger partial charge < -0.3 is 16.8 Å². The largest absolute Gasteiger partial charge is 0.399 e.